The molecule has 2 amide bonds. The van der Waals surface area contributed by atoms with Gasteiger partial charge in [0.1, 0.15) is 22.9 Å². The van der Waals surface area contributed by atoms with E-state index in [1.807, 2.05) is 0 Å². The molecular formula is C25H28N2O5. The summed E-state index contributed by atoms with van der Waals surface area (Å²) in [7, 11) is 3.08. The maximum absolute atomic E-state index is 13.2. The smallest absolute Gasteiger partial charge is 0.278 e. The Labute approximate surface area is 188 Å². The first-order chi connectivity index (χ1) is 15.4. The van der Waals surface area contributed by atoms with Crippen LogP contribution in [-0.4, -0.2) is 44.1 Å². The third kappa shape index (κ3) is 4.77. The van der Waals surface area contributed by atoms with Crippen molar-refractivity contribution in [3.8, 4) is 17.2 Å². The zero-order valence-corrected chi connectivity index (χ0v) is 18.8. The lowest BCUT2D eigenvalue weighted by Crippen LogP contribution is -2.32. The van der Waals surface area contributed by atoms with E-state index >= 15 is 0 Å². The van der Waals surface area contributed by atoms with Crippen molar-refractivity contribution < 1.29 is 23.8 Å². The molecule has 0 fully saturated rings. The first kappa shape index (κ1) is 22.9. The summed E-state index contributed by atoms with van der Waals surface area (Å²) in [4.78, 5) is 27.4. The molecule has 0 atom stereocenters. The zero-order valence-electron chi connectivity index (χ0n) is 18.8. The molecular weight excluding hydrogens is 408 g/mol. The molecule has 0 spiro atoms. The number of nitrogens with zero attached hydrogens (tertiary/aromatic N) is 1. The predicted octanol–water partition coefficient (Wildman–Crippen LogP) is 4.12. The van der Waals surface area contributed by atoms with E-state index in [0.717, 1.165) is 4.90 Å². The Morgan fingerprint density at radius 2 is 1.69 bits per heavy atom. The molecule has 0 saturated carbocycles. The molecule has 3 rings (SSSR count). The van der Waals surface area contributed by atoms with Gasteiger partial charge >= 0.3 is 0 Å². The Bertz CT molecular complexity index is 1040. The number of ether oxygens (including phenoxy) is 3. The van der Waals surface area contributed by atoms with Gasteiger partial charge in [0.2, 0.25) is 0 Å². The second-order valence-corrected chi connectivity index (χ2v) is 7.68. The summed E-state index contributed by atoms with van der Waals surface area (Å²) in [5, 5.41) is 3.10. The van der Waals surface area contributed by atoms with Crippen molar-refractivity contribution in [3.63, 3.8) is 0 Å². The van der Waals surface area contributed by atoms with Crippen LogP contribution in [0.5, 0.6) is 17.2 Å². The van der Waals surface area contributed by atoms with Crippen molar-refractivity contribution in [2.75, 3.05) is 32.7 Å². The number of nitrogens with one attached hydrogen (secondary N) is 1. The van der Waals surface area contributed by atoms with Crippen molar-refractivity contribution in [3.05, 3.63) is 66.4 Å². The quantitative estimate of drug-likeness (QED) is 0.446. The molecule has 0 aliphatic carbocycles. The van der Waals surface area contributed by atoms with E-state index in [0.29, 0.717) is 41.0 Å². The monoisotopic (exact) mass is 436 g/mol. The van der Waals surface area contributed by atoms with Crippen LogP contribution in [0, 0.1) is 5.92 Å². The van der Waals surface area contributed by atoms with Gasteiger partial charge in [-0.1, -0.05) is 32.1 Å². The van der Waals surface area contributed by atoms with Crippen LogP contribution in [0.2, 0.25) is 0 Å². The van der Waals surface area contributed by atoms with Crippen molar-refractivity contribution in [1.29, 1.82) is 0 Å². The Balaban J connectivity index is 2.03. The molecule has 0 aromatic heterocycles. The van der Waals surface area contributed by atoms with E-state index in [9.17, 15) is 9.59 Å². The topological polar surface area (TPSA) is 77.1 Å². The molecule has 0 saturated heterocycles. The Morgan fingerprint density at radius 1 is 1.00 bits per heavy atom. The Kier molecular flexibility index (Phi) is 7.20. The number of amides is 2. The average Bonchev–Trinajstić information content (AvgIpc) is 3.02. The van der Waals surface area contributed by atoms with Gasteiger partial charge in [-0.15, -0.1) is 6.58 Å². The number of carbonyl (C=O) groups is 2. The summed E-state index contributed by atoms with van der Waals surface area (Å²) in [5.74, 6) is 1.36. The van der Waals surface area contributed by atoms with Gasteiger partial charge in [0.25, 0.3) is 11.8 Å². The summed E-state index contributed by atoms with van der Waals surface area (Å²) in [5.41, 5.74) is 1.56. The van der Waals surface area contributed by atoms with Crippen LogP contribution in [0.15, 0.2) is 60.8 Å². The first-order valence-electron chi connectivity index (χ1n) is 10.3. The summed E-state index contributed by atoms with van der Waals surface area (Å²) >= 11 is 0. The van der Waals surface area contributed by atoms with E-state index in [1.54, 1.807) is 49.6 Å². The number of imide groups is 1. The highest BCUT2D eigenvalue weighted by molar-refractivity contribution is 6.36. The number of benzene rings is 2. The molecule has 1 aliphatic rings. The third-order valence-electron chi connectivity index (χ3n) is 4.87. The van der Waals surface area contributed by atoms with Crippen LogP contribution < -0.4 is 19.5 Å². The summed E-state index contributed by atoms with van der Waals surface area (Å²) < 4.78 is 16.4. The van der Waals surface area contributed by atoms with E-state index in [1.165, 1.54) is 13.2 Å². The van der Waals surface area contributed by atoms with Crippen LogP contribution in [0.3, 0.4) is 0 Å². The van der Waals surface area contributed by atoms with E-state index in [4.69, 9.17) is 14.2 Å². The van der Waals surface area contributed by atoms with E-state index < -0.39 is 11.8 Å². The lowest BCUT2D eigenvalue weighted by Gasteiger charge is -2.14. The third-order valence-corrected chi connectivity index (χ3v) is 4.87. The molecule has 0 bridgehead atoms. The van der Waals surface area contributed by atoms with Gasteiger partial charge in [-0.25, -0.2) is 0 Å². The maximum Gasteiger partial charge on any atom is 0.278 e. The normalized spacial score (nSPS) is 13.6. The first-order valence-corrected chi connectivity index (χ1v) is 10.3. The van der Waals surface area contributed by atoms with E-state index in [-0.39, 0.29) is 17.8 Å². The van der Waals surface area contributed by atoms with Gasteiger partial charge in [-0.2, -0.15) is 0 Å². The summed E-state index contributed by atoms with van der Waals surface area (Å²) in [6, 6.07) is 12.3. The molecule has 1 heterocycles. The van der Waals surface area contributed by atoms with Gasteiger partial charge in [-0.05, 0) is 35.7 Å². The lowest BCUT2D eigenvalue weighted by atomic mass is 10.0. The maximum atomic E-state index is 13.2. The molecule has 2 aromatic carbocycles. The number of carbonyl (C=O) groups excluding carboxylic acids is 2. The molecule has 7 nitrogen and oxygen atoms in total. The molecule has 2 aromatic rings. The number of methoxy groups -OCH3 is 2. The van der Waals surface area contributed by atoms with E-state index in [2.05, 4.69) is 25.7 Å². The minimum Gasteiger partial charge on any atom is -0.497 e. The number of anilines is 1. The van der Waals surface area contributed by atoms with Crippen molar-refractivity contribution in [2.24, 2.45) is 5.92 Å². The second kappa shape index (κ2) is 10.0. The van der Waals surface area contributed by atoms with Gasteiger partial charge in [0, 0.05) is 12.6 Å². The molecule has 168 valence electrons. The highest BCUT2D eigenvalue weighted by atomic mass is 16.5. The summed E-state index contributed by atoms with van der Waals surface area (Å²) in [6.45, 7) is 8.50. The van der Waals surface area contributed by atoms with Crippen LogP contribution in [0.25, 0.3) is 5.57 Å². The van der Waals surface area contributed by atoms with Gasteiger partial charge in [-0.3, -0.25) is 14.5 Å². The molecule has 7 heteroatoms. The SMILES string of the molecule is C=CCN1C(=O)C(Nc2cc(OC)ccc2OC)=C(c2ccc(OCC(C)C)cc2)C1=O. The van der Waals surface area contributed by atoms with Gasteiger partial charge in [0.05, 0.1) is 32.1 Å². The van der Waals surface area contributed by atoms with Crippen LogP contribution in [0.4, 0.5) is 5.69 Å². The van der Waals surface area contributed by atoms with Crippen molar-refractivity contribution >= 4 is 23.1 Å². The highest BCUT2D eigenvalue weighted by Crippen LogP contribution is 2.35. The number of hydrogen-bond donors (Lipinski definition) is 1. The summed E-state index contributed by atoms with van der Waals surface area (Å²) in [6.07, 6.45) is 1.52. The average molecular weight is 437 g/mol. The lowest BCUT2D eigenvalue weighted by molar-refractivity contribution is -0.136. The minimum atomic E-state index is -0.435. The van der Waals surface area contributed by atoms with Crippen LogP contribution in [0.1, 0.15) is 19.4 Å². The van der Waals surface area contributed by atoms with Crippen molar-refractivity contribution in [2.45, 2.75) is 13.8 Å². The van der Waals surface area contributed by atoms with Gasteiger partial charge < -0.3 is 19.5 Å². The van der Waals surface area contributed by atoms with Gasteiger partial charge in [0.15, 0.2) is 0 Å². The minimum absolute atomic E-state index is 0.108. The zero-order chi connectivity index (χ0) is 23.3. The molecule has 32 heavy (non-hydrogen) atoms. The van der Waals surface area contributed by atoms with Crippen molar-refractivity contribution in [1.82, 2.24) is 4.90 Å². The fourth-order valence-corrected chi connectivity index (χ4v) is 3.28. The highest BCUT2D eigenvalue weighted by Gasteiger charge is 2.38. The molecule has 1 aliphatic heterocycles. The predicted molar refractivity (Wildman–Crippen MR) is 124 cm³/mol. The number of rotatable bonds is 10. The second-order valence-electron chi connectivity index (χ2n) is 7.68. The largest absolute Gasteiger partial charge is 0.497 e. The fraction of sp³-hybridized carbons (Fsp3) is 0.280. The molecule has 0 unspecified atom stereocenters. The van der Waals surface area contributed by atoms with Crippen LogP contribution in [-0.2, 0) is 9.59 Å². The standard InChI is InChI=1S/C25H28N2O5/c1-6-13-27-24(28)22(17-7-9-18(10-8-17)32-15-16(2)3)23(25(27)29)26-20-14-19(30-4)11-12-21(20)31-5/h6-12,14,16,26H,1,13,15H2,2-5H3. The Morgan fingerprint density at radius 3 is 2.28 bits per heavy atom. The Hall–Kier alpha value is -3.74. The molecule has 1 N–H and O–H groups in total. The fourth-order valence-electron chi connectivity index (χ4n) is 3.28. The number of hydrogen-bond acceptors (Lipinski definition) is 6. The molecule has 0 radical (unpaired) electrons. The van der Waals surface area contributed by atoms with Crippen LogP contribution >= 0.6 is 0 Å².